The molecule has 9 nitrogen and oxygen atoms in total. The van der Waals surface area contributed by atoms with Crippen molar-refractivity contribution >= 4 is 70.8 Å². The van der Waals surface area contributed by atoms with E-state index >= 15 is 0 Å². The molecule has 2 atom stereocenters. The Morgan fingerprint density at radius 3 is 1.37 bits per heavy atom. The van der Waals surface area contributed by atoms with Crippen molar-refractivity contribution < 1.29 is 23.8 Å². The summed E-state index contributed by atoms with van der Waals surface area (Å²) in [5.74, 6) is 1.91. The molecule has 4 N–H and O–H groups in total. The number of aromatic nitrogens is 4. The summed E-state index contributed by atoms with van der Waals surface area (Å²) in [6.07, 6.45) is -0.750. The van der Waals surface area contributed by atoms with Crippen molar-refractivity contribution in [3.8, 4) is 11.5 Å². The lowest BCUT2D eigenvalue weighted by Crippen LogP contribution is -2.03. The van der Waals surface area contributed by atoms with Crippen molar-refractivity contribution in [1.82, 2.24) is 20.4 Å². The van der Waals surface area contributed by atoms with Crippen LogP contribution in [0.3, 0.4) is 0 Å². The van der Waals surface area contributed by atoms with Gasteiger partial charge in [0.1, 0.15) is 11.5 Å². The summed E-state index contributed by atoms with van der Waals surface area (Å²) in [6, 6.07) is 10.00. The van der Waals surface area contributed by atoms with Gasteiger partial charge in [-0.05, 0) is 62.5 Å². The third kappa shape index (κ3) is 8.50. The molecule has 2 heterocycles. The van der Waals surface area contributed by atoms with E-state index in [1.807, 2.05) is 0 Å². The summed E-state index contributed by atoms with van der Waals surface area (Å²) < 4.78 is 21.4. The van der Waals surface area contributed by atoms with Crippen molar-refractivity contribution in [1.29, 1.82) is 0 Å². The average Bonchev–Trinajstić information content (AvgIpc) is 3.42. The van der Waals surface area contributed by atoms with E-state index in [0.717, 1.165) is 0 Å². The number of halogens is 4. The molecule has 2 aromatic heterocycles. The molecular formula is C20H18Cl4N4O5S2. The minimum absolute atomic E-state index is 0. The number of aromatic amines is 2. The first-order chi connectivity index (χ1) is 16.1. The van der Waals surface area contributed by atoms with Gasteiger partial charge in [-0.1, -0.05) is 46.4 Å². The second-order valence-electron chi connectivity index (χ2n) is 6.57. The first-order valence-corrected chi connectivity index (χ1v) is 11.8. The second kappa shape index (κ2) is 13.3. The average molecular weight is 600 g/mol. The van der Waals surface area contributed by atoms with Gasteiger partial charge in [-0.15, -0.1) is 10.2 Å². The zero-order chi connectivity index (χ0) is 24.8. The first kappa shape index (κ1) is 29.1. The van der Waals surface area contributed by atoms with Crippen molar-refractivity contribution in [2.24, 2.45) is 0 Å². The number of benzene rings is 2. The Hall–Kier alpha value is -2.12. The highest BCUT2D eigenvalue weighted by atomic mass is 35.5. The number of nitrogens with zero attached hydrogens (tertiary/aromatic N) is 2. The Morgan fingerprint density at radius 2 is 1.09 bits per heavy atom. The van der Waals surface area contributed by atoms with Crippen LogP contribution in [0.15, 0.2) is 45.2 Å². The molecule has 35 heavy (non-hydrogen) atoms. The van der Waals surface area contributed by atoms with Crippen LogP contribution < -0.4 is 9.47 Å². The highest BCUT2D eigenvalue weighted by molar-refractivity contribution is 7.71. The molecule has 0 aliphatic heterocycles. The zero-order valence-electron chi connectivity index (χ0n) is 18.0. The van der Waals surface area contributed by atoms with Gasteiger partial charge >= 0.3 is 0 Å². The van der Waals surface area contributed by atoms with E-state index < -0.39 is 0 Å². The van der Waals surface area contributed by atoms with Gasteiger partial charge in [0.05, 0.1) is 20.1 Å². The molecule has 0 unspecified atom stereocenters. The van der Waals surface area contributed by atoms with E-state index in [4.69, 9.17) is 89.1 Å². The van der Waals surface area contributed by atoms with Gasteiger partial charge in [0, 0.05) is 12.1 Å². The molecular weight excluding hydrogens is 582 g/mol. The smallest absolute Gasteiger partial charge is 0.284 e. The molecule has 0 saturated heterocycles. The van der Waals surface area contributed by atoms with Crippen LogP contribution in [0.1, 0.15) is 37.8 Å². The van der Waals surface area contributed by atoms with Crippen molar-refractivity contribution in [2.45, 2.75) is 26.1 Å². The Balaban J connectivity index is 0.000000240. The quantitative estimate of drug-likeness (QED) is 0.217. The Bertz CT molecular complexity index is 1270. The molecule has 0 radical (unpaired) electrons. The van der Waals surface area contributed by atoms with Gasteiger partial charge in [0.15, 0.2) is 12.2 Å². The van der Waals surface area contributed by atoms with Crippen LogP contribution in [-0.4, -0.2) is 25.9 Å². The monoisotopic (exact) mass is 598 g/mol. The second-order valence-corrected chi connectivity index (χ2v) is 8.95. The largest absolute Gasteiger partial charge is 0.481 e. The lowest BCUT2D eigenvalue weighted by molar-refractivity contribution is 0.187. The third-order valence-electron chi connectivity index (χ3n) is 4.01. The molecule has 2 aromatic carbocycles. The maximum Gasteiger partial charge on any atom is 0.284 e. The Morgan fingerprint density at radius 1 is 0.714 bits per heavy atom. The summed E-state index contributed by atoms with van der Waals surface area (Å²) in [6.45, 7) is 3.58. The van der Waals surface area contributed by atoms with Crippen LogP contribution in [0.4, 0.5) is 0 Å². The van der Waals surface area contributed by atoms with Crippen LogP contribution in [0.5, 0.6) is 11.5 Å². The fraction of sp³-hybridized carbons (Fsp3) is 0.200. The molecule has 0 bridgehead atoms. The molecule has 0 fully saturated rings. The number of H-pyrrole nitrogens is 2. The normalized spacial score (nSPS) is 12.1. The van der Waals surface area contributed by atoms with Crippen molar-refractivity contribution in [2.75, 3.05) is 0 Å². The van der Waals surface area contributed by atoms with E-state index in [1.165, 1.54) is 0 Å². The number of hydrogen-bond donors (Lipinski definition) is 2. The van der Waals surface area contributed by atoms with Crippen molar-refractivity contribution in [3.63, 3.8) is 0 Å². The fourth-order valence-corrected chi connectivity index (χ4v) is 3.28. The Kier molecular flexibility index (Phi) is 11.0. The lowest BCUT2D eigenvalue weighted by atomic mass is 10.3. The molecule has 4 aromatic rings. The summed E-state index contributed by atoms with van der Waals surface area (Å²) in [4.78, 5) is 0.425. The molecule has 0 aliphatic carbocycles. The van der Waals surface area contributed by atoms with E-state index in [1.54, 1.807) is 50.2 Å². The molecule has 0 aliphatic rings. The molecule has 0 spiro atoms. The SMILES string of the molecule is C[C@H](Oc1ccc(Cl)c(Cl)c1)c1n[nH]c(=S)o1.C[C@H](Oc1ccc(Cl)c(Cl)c1)c1n[nH]c(=S)o1.O. The van der Waals surface area contributed by atoms with Crippen LogP contribution in [-0.2, 0) is 0 Å². The number of hydrogen-bond acceptors (Lipinski definition) is 8. The van der Waals surface area contributed by atoms with Crippen LogP contribution in [0.2, 0.25) is 20.1 Å². The Labute approximate surface area is 229 Å². The van der Waals surface area contributed by atoms with Crippen LogP contribution in [0.25, 0.3) is 0 Å². The predicted octanol–water partition coefficient (Wildman–Crippen LogP) is 7.53. The number of rotatable bonds is 6. The van der Waals surface area contributed by atoms with Crippen LogP contribution in [0, 0.1) is 9.67 Å². The maximum atomic E-state index is 5.87. The third-order valence-corrected chi connectivity index (χ3v) is 5.84. The highest BCUT2D eigenvalue weighted by Crippen LogP contribution is 2.30. The molecule has 188 valence electrons. The summed E-state index contributed by atoms with van der Waals surface area (Å²) in [5, 5.41) is 14.6. The topological polar surface area (TPSA) is 134 Å². The summed E-state index contributed by atoms with van der Waals surface area (Å²) >= 11 is 32.9. The maximum absolute atomic E-state index is 5.87. The van der Waals surface area contributed by atoms with Gasteiger partial charge in [0.25, 0.3) is 21.5 Å². The highest BCUT2D eigenvalue weighted by Gasteiger charge is 2.14. The van der Waals surface area contributed by atoms with Crippen molar-refractivity contribution in [3.05, 3.63) is 77.9 Å². The standard InChI is InChI=1S/2C10H8Cl2N2O2S.H2O/c2*1-5(9-13-14-10(17)16-9)15-6-2-3-7(11)8(12)4-6;/h2*2-5H,1H3,(H,14,17);1H2/t2*5-;/m00./s1. The minimum atomic E-state index is -0.375. The van der Waals surface area contributed by atoms with E-state index in [9.17, 15) is 0 Å². The van der Waals surface area contributed by atoms with Gasteiger partial charge in [-0.2, -0.15) is 0 Å². The van der Waals surface area contributed by atoms with Gasteiger partial charge < -0.3 is 23.8 Å². The van der Waals surface area contributed by atoms with E-state index in [0.29, 0.717) is 43.4 Å². The minimum Gasteiger partial charge on any atom is -0.481 e. The van der Waals surface area contributed by atoms with E-state index in [2.05, 4.69) is 20.4 Å². The predicted molar refractivity (Wildman–Crippen MR) is 138 cm³/mol. The summed E-state index contributed by atoms with van der Waals surface area (Å²) in [5.41, 5.74) is 0. The molecule has 4 rings (SSSR count). The lowest BCUT2D eigenvalue weighted by Gasteiger charge is -2.11. The molecule has 0 saturated carbocycles. The molecule has 15 heteroatoms. The molecule has 0 amide bonds. The van der Waals surface area contributed by atoms with Gasteiger partial charge in [0.2, 0.25) is 0 Å². The first-order valence-electron chi connectivity index (χ1n) is 9.46. The number of ether oxygens (including phenoxy) is 2. The summed E-state index contributed by atoms with van der Waals surface area (Å²) in [7, 11) is 0. The van der Waals surface area contributed by atoms with E-state index in [-0.39, 0.29) is 27.4 Å². The van der Waals surface area contributed by atoms with Crippen LogP contribution >= 0.6 is 70.8 Å². The van der Waals surface area contributed by atoms with Gasteiger partial charge in [-0.3, -0.25) is 0 Å². The van der Waals surface area contributed by atoms with Gasteiger partial charge in [-0.25, -0.2) is 10.2 Å². The number of nitrogens with one attached hydrogen (secondary N) is 2. The zero-order valence-corrected chi connectivity index (χ0v) is 22.6. The fourth-order valence-electron chi connectivity index (χ4n) is 2.44.